The van der Waals surface area contributed by atoms with Crippen LogP contribution >= 0.6 is 0 Å². The molecule has 1 spiro atoms. The molecule has 2 bridgehead atoms. The van der Waals surface area contributed by atoms with Crippen LogP contribution in [-0.4, -0.2) is 71.8 Å². The molecule has 6 nitrogen and oxygen atoms in total. The largest absolute Gasteiger partial charge is 0.493 e. The molecule has 6 aliphatic rings. The van der Waals surface area contributed by atoms with Crippen molar-refractivity contribution >= 4 is 5.91 Å². The molecule has 1 N–H and O–H groups in total. The van der Waals surface area contributed by atoms with Crippen LogP contribution in [0.25, 0.3) is 0 Å². The molecule has 4 aliphatic carbocycles. The number of hydrogen-bond donors (Lipinski definition) is 1. The zero-order chi connectivity index (χ0) is 27.4. The van der Waals surface area contributed by atoms with Gasteiger partial charge in [0.25, 0.3) is 0 Å². The quantitative estimate of drug-likeness (QED) is 0.391. The lowest BCUT2D eigenvalue weighted by Gasteiger charge is -2.60. The third kappa shape index (κ3) is 4.38. The molecule has 220 valence electrons. The zero-order valence-electron chi connectivity index (χ0n) is 24.8. The first-order valence-corrected chi connectivity index (χ1v) is 16.6. The molecule has 2 unspecified atom stereocenters. The summed E-state index contributed by atoms with van der Waals surface area (Å²) < 4.78 is 12.9. The Bertz CT molecular complexity index is 1100. The summed E-state index contributed by atoms with van der Waals surface area (Å²) in [5, 5.41) is 10.1. The third-order valence-corrected chi connectivity index (χ3v) is 12.0. The molecule has 1 amide bonds. The normalized spacial score (nSPS) is 36.1. The average Bonchev–Trinajstić information content (AvgIpc) is 3.55. The Hall–Kier alpha value is -1.79. The number of methoxy groups -OCH3 is 1. The van der Waals surface area contributed by atoms with Crippen molar-refractivity contribution in [1.29, 1.82) is 0 Å². The van der Waals surface area contributed by atoms with Gasteiger partial charge < -0.3 is 19.5 Å². The molecule has 4 fully saturated rings. The molecule has 40 heavy (non-hydrogen) atoms. The van der Waals surface area contributed by atoms with Crippen LogP contribution in [0.15, 0.2) is 12.1 Å². The van der Waals surface area contributed by atoms with Gasteiger partial charge in [-0.15, -0.1) is 0 Å². The SMILES string of the molecule is CCN(C(=O)CCCCC1CCCCC1)[C@@H]1CC[C@H]2[C@H]3Cc4ccc(OC)c5c4[C@@]2(CCN3CC2CC2O)[C@H]1O5. The number of ether oxygens (including phenoxy) is 2. The minimum Gasteiger partial charge on any atom is -0.493 e. The van der Waals surface area contributed by atoms with E-state index in [-0.39, 0.29) is 23.7 Å². The number of piperidine rings is 1. The van der Waals surface area contributed by atoms with Crippen LogP contribution < -0.4 is 9.47 Å². The highest BCUT2D eigenvalue weighted by molar-refractivity contribution is 5.77. The lowest BCUT2D eigenvalue weighted by atomic mass is 9.51. The Morgan fingerprint density at radius 3 is 2.75 bits per heavy atom. The fourth-order valence-corrected chi connectivity index (χ4v) is 9.95. The summed E-state index contributed by atoms with van der Waals surface area (Å²) in [4.78, 5) is 18.7. The Morgan fingerprint density at radius 2 is 2.00 bits per heavy atom. The van der Waals surface area contributed by atoms with Crippen molar-refractivity contribution in [2.75, 3.05) is 26.7 Å². The smallest absolute Gasteiger partial charge is 0.222 e. The number of hydrogen-bond acceptors (Lipinski definition) is 5. The molecule has 1 aromatic rings. The monoisotopic (exact) mass is 550 g/mol. The molecule has 7 atom stereocenters. The van der Waals surface area contributed by atoms with E-state index >= 15 is 0 Å². The Labute approximate surface area is 240 Å². The minimum absolute atomic E-state index is 0.00101. The first kappa shape index (κ1) is 27.1. The summed E-state index contributed by atoms with van der Waals surface area (Å²) in [5.74, 6) is 4.00. The highest BCUT2D eigenvalue weighted by Gasteiger charge is 2.66. The van der Waals surface area contributed by atoms with Crippen LogP contribution in [0, 0.1) is 17.8 Å². The van der Waals surface area contributed by atoms with Gasteiger partial charge in [0.1, 0.15) is 6.10 Å². The number of aliphatic hydroxyl groups excluding tert-OH is 1. The molecular weight excluding hydrogens is 500 g/mol. The minimum atomic E-state index is -0.104. The van der Waals surface area contributed by atoms with Crippen LogP contribution in [0.4, 0.5) is 0 Å². The standard InChI is InChI=1S/C34H50N2O4/c1-3-36(30(38)12-8-7-11-22-9-5-4-6-10-22)26-15-14-25-27-19-23-13-16-29(39-2)32-31(23)34(25,33(26)40-32)17-18-35(27)21-24-20-28(24)37/h13,16,22,24-28,33,37H,3-12,14-15,17-21H2,1-2H3/t24?,25-,26+,27+,28?,33-,34-/m0/s1. The summed E-state index contributed by atoms with van der Waals surface area (Å²) in [6, 6.07) is 4.98. The molecule has 7 rings (SSSR count). The Kier molecular flexibility index (Phi) is 7.31. The molecule has 2 aliphatic heterocycles. The summed E-state index contributed by atoms with van der Waals surface area (Å²) in [6.45, 7) is 4.98. The van der Waals surface area contributed by atoms with Gasteiger partial charge >= 0.3 is 0 Å². The molecule has 3 saturated carbocycles. The van der Waals surface area contributed by atoms with E-state index in [0.717, 1.165) is 75.6 Å². The highest BCUT2D eigenvalue weighted by atomic mass is 16.5. The first-order valence-electron chi connectivity index (χ1n) is 16.6. The predicted octanol–water partition coefficient (Wildman–Crippen LogP) is 5.47. The van der Waals surface area contributed by atoms with E-state index in [1.54, 1.807) is 7.11 Å². The number of nitrogens with zero attached hydrogens (tertiary/aromatic N) is 2. The summed E-state index contributed by atoms with van der Waals surface area (Å²) in [5.41, 5.74) is 2.78. The maximum atomic E-state index is 13.8. The van der Waals surface area contributed by atoms with Gasteiger partial charge in [0.2, 0.25) is 5.91 Å². The van der Waals surface area contributed by atoms with Gasteiger partial charge in [0.05, 0.1) is 19.3 Å². The van der Waals surface area contributed by atoms with Gasteiger partial charge in [0, 0.05) is 42.4 Å². The van der Waals surface area contributed by atoms with E-state index in [1.165, 1.54) is 56.1 Å². The fourth-order valence-electron chi connectivity index (χ4n) is 9.95. The van der Waals surface area contributed by atoms with E-state index < -0.39 is 0 Å². The van der Waals surface area contributed by atoms with Gasteiger partial charge in [-0.3, -0.25) is 9.69 Å². The van der Waals surface area contributed by atoms with E-state index in [4.69, 9.17) is 9.47 Å². The van der Waals surface area contributed by atoms with Crippen molar-refractivity contribution in [3.05, 3.63) is 23.3 Å². The number of carbonyl (C=O) groups is 1. The van der Waals surface area contributed by atoms with Gasteiger partial charge in [0.15, 0.2) is 11.5 Å². The number of likely N-dealkylation sites (N-methyl/N-ethyl adjacent to an activating group) is 1. The van der Waals surface area contributed by atoms with Crippen molar-refractivity contribution in [1.82, 2.24) is 9.80 Å². The number of unbranched alkanes of at least 4 members (excludes halogenated alkanes) is 1. The molecule has 2 heterocycles. The number of amides is 1. The Morgan fingerprint density at radius 1 is 1.18 bits per heavy atom. The van der Waals surface area contributed by atoms with Crippen molar-refractivity contribution in [2.24, 2.45) is 17.8 Å². The summed E-state index contributed by atoms with van der Waals surface area (Å²) in [7, 11) is 1.75. The van der Waals surface area contributed by atoms with Crippen LogP contribution in [0.1, 0.15) is 102 Å². The van der Waals surface area contributed by atoms with Gasteiger partial charge in [-0.2, -0.15) is 0 Å². The molecule has 0 aromatic heterocycles. The predicted molar refractivity (Wildman–Crippen MR) is 156 cm³/mol. The van der Waals surface area contributed by atoms with Gasteiger partial charge in [-0.1, -0.05) is 51.0 Å². The van der Waals surface area contributed by atoms with E-state index in [9.17, 15) is 9.90 Å². The second kappa shape index (κ2) is 10.8. The number of benzene rings is 1. The van der Waals surface area contributed by atoms with E-state index in [2.05, 4.69) is 28.9 Å². The molecule has 1 aromatic carbocycles. The van der Waals surface area contributed by atoms with E-state index in [1.807, 2.05) is 0 Å². The maximum absolute atomic E-state index is 13.8. The third-order valence-electron chi connectivity index (χ3n) is 12.0. The molecule has 6 heteroatoms. The average molecular weight is 551 g/mol. The number of carbonyl (C=O) groups excluding carboxylic acids is 1. The second-order valence-corrected chi connectivity index (χ2v) is 14.0. The summed E-state index contributed by atoms with van der Waals surface area (Å²) in [6.07, 6.45) is 16.3. The van der Waals surface area contributed by atoms with Crippen LogP contribution in [0.3, 0.4) is 0 Å². The van der Waals surface area contributed by atoms with E-state index in [0.29, 0.717) is 30.2 Å². The van der Waals surface area contributed by atoms with Crippen molar-refractivity contribution in [2.45, 2.75) is 127 Å². The number of rotatable bonds is 10. The van der Waals surface area contributed by atoms with Crippen molar-refractivity contribution < 1.29 is 19.4 Å². The number of likely N-dealkylation sites (tertiary alicyclic amines) is 1. The molecule has 0 radical (unpaired) electrons. The number of aliphatic hydroxyl groups is 1. The van der Waals surface area contributed by atoms with Crippen molar-refractivity contribution in [3.63, 3.8) is 0 Å². The van der Waals surface area contributed by atoms with Gasteiger partial charge in [-0.05, 0) is 75.5 Å². The highest BCUT2D eigenvalue weighted by Crippen LogP contribution is 2.64. The fraction of sp³-hybridized carbons (Fsp3) is 0.794. The Balaban J connectivity index is 1.12. The second-order valence-electron chi connectivity index (χ2n) is 14.0. The van der Waals surface area contributed by atoms with Crippen LogP contribution in [0.5, 0.6) is 11.5 Å². The van der Waals surface area contributed by atoms with Crippen molar-refractivity contribution in [3.8, 4) is 11.5 Å². The molecular formula is C34H50N2O4. The first-order chi connectivity index (χ1) is 19.5. The maximum Gasteiger partial charge on any atom is 0.222 e. The van der Waals surface area contributed by atoms with Gasteiger partial charge in [-0.25, -0.2) is 0 Å². The lowest BCUT2D eigenvalue weighted by molar-refractivity contribution is -0.142. The lowest BCUT2D eigenvalue weighted by Crippen LogP contribution is -2.69. The topological polar surface area (TPSA) is 62.2 Å². The zero-order valence-corrected chi connectivity index (χ0v) is 24.8. The summed E-state index contributed by atoms with van der Waals surface area (Å²) >= 11 is 0. The van der Waals surface area contributed by atoms with Crippen LogP contribution in [-0.2, 0) is 16.6 Å². The van der Waals surface area contributed by atoms with Crippen LogP contribution in [0.2, 0.25) is 0 Å². The molecule has 1 saturated heterocycles.